The van der Waals surface area contributed by atoms with E-state index in [0.29, 0.717) is 22.6 Å². The van der Waals surface area contributed by atoms with Gasteiger partial charge in [-0.15, -0.1) is 0 Å². The summed E-state index contributed by atoms with van der Waals surface area (Å²) in [6, 6.07) is 3.31. The Morgan fingerprint density at radius 2 is 1.90 bits per heavy atom. The third-order valence-corrected chi connectivity index (χ3v) is 3.35. The van der Waals surface area contributed by atoms with E-state index in [2.05, 4.69) is 9.97 Å². The molecule has 0 bridgehead atoms. The van der Waals surface area contributed by atoms with Crippen molar-refractivity contribution in [2.75, 3.05) is 14.1 Å². The van der Waals surface area contributed by atoms with Crippen LogP contribution in [-0.4, -0.2) is 45.9 Å². The zero-order valence-corrected chi connectivity index (χ0v) is 12.4. The molecular formula is C15H17N3O3. The first kappa shape index (κ1) is 14.8. The highest BCUT2D eigenvalue weighted by atomic mass is 16.4. The summed E-state index contributed by atoms with van der Waals surface area (Å²) in [4.78, 5) is 31.8. The van der Waals surface area contributed by atoms with Gasteiger partial charge in [0, 0.05) is 19.7 Å². The van der Waals surface area contributed by atoms with Gasteiger partial charge in [0.05, 0.1) is 11.8 Å². The molecule has 6 heteroatoms. The molecule has 21 heavy (non-hydrogen) atoms. The lowest BCUT2D eigenvalue weighted by Crippen LogP contribution is -2.21. The van der Waals surface area contributed by atoms with Crippen LogP contribution in [0.25, 0.3) is 11.4 Å². The van der Waals surface area contributed by atoms with Crippen molar-refractivity contribution in [2.45, 2.75) is 13.8 Å². The van der Waals surface area contributed by atoms with Gasteiger partial charge in [0.1, 0.15) is 11.5 Å². The second-order valence-electron chi connectivity index (χ2n) is 5.08. The van der Waals surface area contributed by atoms with E-state index in [0.717, 1.165) is 5.56 Å². The fourth-order valence-electron chi connectivity index (χ4n) is 2.24. The number of aromatic carboxylic acids is 1. The van der Waals surface area contributed by atoms with Crippen molar-refractivity contribution < 1.29 is 14.7 Å². The third-order valence-electron chi connectivity index (χ3n) is 3.35. The molecule has 0 saturated heterocycles. The van der Waals surface area contributed by atoms with Gasteiger partial charge in [-0.3, -0.25) is 4.79 Å². The van der Waals surface area contributed by atoms with Crippen molar-refractivity contribution in [3.63, 3.8) is 0 Å². The first-order chi connectivity index (χ1) is 9.82. The summed E-state index contributed by atoms with van der Waals surface area (Å²) in [6.45, 7) is 3.62. The molecule has 2 N–H and O–H groups in total. The lowest BCUT2D eigenvalue weighted by Gasteiger charge is -2.10. The molecule has 1 heterocycles. The van der Waals surface area contributed by atoms with Crippen LogP contribution in [0.2, 0.25) is 0 Å². The third kappa shape index (κ3) is 2.65. The molecule has 0 unspecified atom stereocenters. The average molecular weight is 287 g/mol. The number of H-pyrrole nitrogens is 1. The molecule has 2 rings (SSSR count). The summed E-state index contributed by atoms with van der Waals surface area (Å²) in [6.07, 6.45) is 1.46. The molecule has 6 nitrogen and oxygen atoms in total. The number of aromatic nitrogens is 2. The molecule has 1 amide bonds. The van der Waals surface area contributed by atoms with Crippen LogP contribution in [0, 0.1) is 13.8 Å². The van der Waals surface area contributed by atoms with E-state index in [-0.39, 0.29) is 11.5 Å². The number of hydrogen-bond acceptors (Lipinski definition) is 3. The highest BCUT2D eigenvalue weighted by Crippen LogP contribution is 2.27. The van der Waals surface area contributed by atoms with Gasteiger partial charge in [0.25, 0.3) is 5.91 Å². The van der Waals surface area contributed by atoms with E-state index < -0.39 is 5.97 Å². The van der Waals surface area contributed by atoms with E-state index in [1.807, 2.05) is 6.92 Å². The molecule has 0 aliphatic carbocycles. The second-order valence-corrected chi connectivity index (χ2v) is 5.08. The van der Waals surface area contributed by atoms with Crippen LogP contribution in [0.5, 0.6) is 0 Å². The van der Waals surface area contributed by atoms with Crippen LogP contribution < -0.4 is 0 Å². The number of carbonyl (C=O) groups excluding carboxylic acids is 1. The fraction of sp³-hybridized carbons (Fsp3) is 0.267. The summed E-state index contributed by atoms with van der Waals surface area (Å²) >= 11 is 0. The first-order valence-electron chi connectivity index (χ1n) is 6.43. The van der Waals surface area contributed by atoms with Gasteiger partial charge in [0.2, 0.25) is 0 Å². The molecule has 1 aromatic heterocycles. The van der Waals surface area contributed by atoms with Crippen LogP contribution in [0.15, 0.2) is 18.3 Å². The number of rotatable bonds is 3. The smallest absolute Gasteiger partial charge is 0.335 e. The Hall–Kier alpha value is -2.63. The maximum atomic E-state index is 11.9. The minimum atomic E-state index is -0.982. The SMILES string of the molecule is Cc1ccc(C(=O)O)c(C)c1-c1ncc(C(=O)N(C)C)[nH]1. The molecule has 0 fully saturated rings. The first-order valence-corrected chi connectivity index (χ1v) is 6.43. The van der Waals surface area contributed by atoms with Crippen LogP contribution in [0.4, 0.5) is 0 Å². The van der Waals surface area contributed by atoms with Gasteiger partial charge >= 0.3 is 5.97 Å². The highest BCUT2D eigenvalue weighted by Gasteiger charge is 2.18. The molecule has 0 aliphatic heterocycles. The number of carbonyl (C=O) groups is 2. The minimum Gasteiger partial charge on any atom is -0.478 e. The van der Waals surface area contributed by atoms with Crippen LogP contribution in [0.3, 0.4) is 0 Å². The number of imidazole rings is 1. The largest absolute Gasteiger partial charge is 0.478 e. The van der Waals surface area contributed by atoms with Gasteiger partial charge in [0.15, 0.2) is 0 Å². The Bertz CT molecular complexity index is 717. The summed E-state index contributed by atoms with van der Waals surface area (Å²) in [7, 11) is 3.31. The molecular weight excluding hydrogens is 270 g/mol. The topological polar surface area (TPSA) is 86.3 Å². The van der Waals surface area contributed by atoms with Gasteiger partial charge in [-0.05, 0) is 31.0 Å². The number of hydrogen-bond donors (Lipinski definition) is 2. The maximum Gasteiger partial charge on any atom is 0.335 e. The Morgan fingerprint density at radius 1 is 1.24 bits per heavy atom. The Labute approximate surface area is 122 Å². The van der Waals surface area contributed by atoms with Crippen molar-refractivity contribution in [1.29, 1.82) is 0 Å². The lowest BCUT2D eigenvalue weighted by molar-refractivity contribution is 0.0695. The van der Waals surface area contributed by atoms with Crippen molar-refractivity contribution in [2.24, 2.45) is 0 Å². The zero-order valence-electron chi connectivity index (χ0n) is 12.4. The van der Waals surface area contributed by atoms with Crippen LogP contribution in [0.1, 0.15) is 32.0 Å². The van der Waals surface area contributed by atoms with E-state index >= 15 is 0 Å². The minimum absolute atomic E-state index is 0.182. The summed E-state index contributed by atoms with van der Waals surface area (Å²) in [5.41, 5.74) is 2.84. The predicted molar refractivity (Wildman–Crippen MR) is 78.5 cm³/mol. The number of benzene rings is 1. The van der Waals surface area contributed by atoms with Crippen molar-refractivity contribution in [1.82, 2.24) is 14.9 Å². The Kier molecular flexibility index (Phi) is 3.80. The summed E-state index contributed by atoms with van der Waals surface area (Å²) in [5, 5.41) is 9.20. The predicted octanol–water partition coefficient (Wildman–Crippen LogP) is 2.09. The summed E-state index contributed by atoms with van der Waals surface area (Å²) < 4.78 is 0. The normalized spacial score (nSPS) is 10.5. The van der Waals surface area contributed by atoms with Crippen LogP contribution >= 0.6 is 0 Å². The number of carboxylic acids is 1. The monoisotopic (exact) mass is 287 g/mol. The molecule has 2 aromatic rings. The van der Waals surface area contributed by atoms with E-state index in [4.69, 9.17) is 0 Å². The number of aromatic amines is 1. The fourth-order valence-corrected chi connectivity index (χ4v) is 2.24. The lowest BCUT2D eigenvalue weighted by atomic mass is 9.97. The van der Waals surface area contributed by atoms with Gasteiger partial charge < -0.3 is 15.0 Å². The van der Waals surface area contributed by atoms with Crippen LogP contribution in [-0.2, 0) is 0 Å². The zero-order chi connectivity index (χ0) is 15.7. The van der Waals surface area contributed by atoms with Gasteiger partial charge in [-0.25, -0.2) is 9.78 Å². The highest BCUT2D eigenvalue weighted by molar-refractivity contribution is 5.94. The molecule has 0 saturated carbocycles. The van der Waals surface area contributed by atoms with Gasteiger partial charge in [-0.1, -0.05) is 6.07 Å². The Balaban J connectivity index is 2.55. The molecule has 0 radical (unpaired) electrons. The molecule has 0 aliphatic rings. The standard InChI is InChI=1S/C15H17N3O3/c1-8-5-6-10(15(20)21)9(2)12(8)13-16-7-11(17-13)14(19)18(3)4/h5-7H,1-4H3,(H,16,17)(H,20,21). The maximum absolute atomic E-state index is 11.9. The van der Waals surface area contributed by atoms with Crippen molar-refractivity contribution in [3.8, 4) is 11.4 Å². The second kappa shape index (κ2) is 5.40. The number of carboxylic acid groups (broad SMARTS) is 1. The van der Waals surface area contributed by atoms with Gasteiger partial charge in [-0.2, -0.15) is 0 Å². The molecule has 0 atom stereocenters. The molecule has 1 aromatic carbocycles. The molecule has 0 spiro atoms. The quantitative estimate of drug-likeness (QED) is 0.905. The van der Waals surface area contributed by atoms with Crippen molar-refractivity contribution in [3.05, 3.63) is 40.7 Å². The van der Waals surface area contributed by atoms with Crippen molar-refractivity contribution >= 4 is 11.9 Å². The molecule has 110 valence electrons. The summed E-state index contributed by atoms with van der Waals surface area (Å²) in [5.74, 6) is -0.665. The Morgan fingerprint density at radius 3 is 2.48 bits per heavy atom. The van der Waals surface area contributed by atoms with E-state index in [1.165, 1.54) is 11.1 Å². The average Bonchev–Trinajstić information content (AvgIpc) is 2.86. The van der Waals surface area contributed by atoms with E-state index in [9.17, 15) is 14.7 Å². The van der Waals surface area contributed by atoms with E-state index in [1.54, 1.807) is 33.2 Å². The number of nitrogens with one attached hydrogen (secondary N) is 1. The number of aryl methyl sites for hydroxylation is 1. The number of amides is 1. The number of nitrogens with zero attached hydrogens (tertiary/aromatic N) is 2.